The highest BCUT2D eigenvalue weighted by Gasteiger charge is 2.26. The van der Waals surface area contributed by atoms with Crippen molar-refractivity contribution < 1.29 is 23.8 Å². The van der Waals surface area contributed by atoms with Gasteiger partial charge in [0.1, 0.15) is 12.6 Å². The Morgan fingerprint density at radius 1 is 1.06 bits per heavy atom. The molecule has 0 saturated carbocycles. The highest BCUT2D eigenvalue weighted by atomic mass is 16.5. The van der Waals surface area contributed by atoms with E-state index in [0.29, 0.717) is 35.8 Å². The van der Waals surface area contributed by atoms with E-state index >= 15 is 0 Å². The van der Waals surface area contributed by atoms with E-state index in [-0.39, 0.29) is 17.9 Å². The molecule has 2 aromatic carbocycles. The zero-order valence-electron chi connectivity index (χ0n) is 21.1. The molecule has 1 heterocycles. The number of carbonyl (C=O) groups is 2. The lowest BCUT2D eigenvalue weighted by molar-refractivity contribution is -0.124. The molecule has 1 atom stereocenters. The van der Waals surface area contributed by atoms with Crippen molar-refractivity contribution in [3.05, 3.63) is 53.6 Å². The third-order valence-electron chi connectivity index (χ3n) is 6.21. The molecule has 2 amide bonds. The molecule has 8 heteroatoms. The van der Waals surface area contributed by atoms with Crippen molar-refractivity contribution in [2.75, 3.05) is 34.4 Å². The van der Waals surface area contributed by atoms with Crippen molar-refractivity contribution in [3.8, 4) is 17.2 Å². The summed E-state index contributed by atoms with van der Waals surface area (Å²) in [4.78, 5) is 28.4. The maximum atomic E-state index is 13.1. The van der Waals surface area contributed by atoms with Gasteiger partial charge in [-0.2, -0.15) is 0 Å². The zero-order valence-corrected chi connectivity index (χ0v) is 21.1. The van der Waals surface area contributed by atoms with Gasteiger partial charge in [0, 0.05) is 11.6 Å². The Hall–Kier alpha value is -3.26. The number of likely N-dealkylation sites (tertiary alicyclic amines) is 1. The Morgan fingerprint density at radius 3 is 2.26 bits per heavy atom. The minimum absolute atomic E-state index is 0.135. The van der Waals surface area contributed by atoms with Gasteiger partial charge >= 0.3 is 0 Å². The Bertz CT molecular complexity index is 949. The fraction of sp³-hybridized carbons (Fsp3) is 0.481. The van der Waals surface area contributed by atoms with Crippen LogP contribution in [0.4, 0.5) is 0 Å². The fourth-order valence-electron chi connectivity index (χ4n) is 4.14. The van der Waals surface area contributed by atoms with Gasteiger partial charge < -0.3 is 29.7 Å². The zero-order chi connectivity index (χ0) is 25.2. The number of ether oxygens (including phenoxy) is 3. The molecule has 3 rings (SSSR count). The van der Waals surface area contributed by atoms with Crippen LogP contribution in [0.25, 0.3) is 0 Å². The SMILES string of the molecule is CCC[C@H](NC(=O)c1cc(OC)c(OCc2ccccc2)c(OC)c1)C(=O)NC1CCN(C)CC1. The molecule has 190 valence electrons. The molecular weight excluding hydrogens is 446 g/mol. The molecule has 8 nitrogen and oxygen atoms in total. The molecule has 1 aliphatic rings. The van der Waals surface area contributed by atoms with Crippen LogP contribution in [0.3, 0.4) is 0 Å². The normalized spacial score (nSPS) is 15.2. The summed E-state index contributed by atoms with van der Waals surface area (Å²) in [7, 11) is 5.11. The summed E-state index contributed by atoms with van der Waals surface area (Å²) >= 11 is 0. The van der Waals surface area contributed by atoms with Crippen LogP contribution in [0, 0.1) is 0 Å². The molecular formula is C27H37N3O5. The molecule has 0 radical (unpaired) electrons. The first kappa shape index (κ1) is 26.3. The Balaban J connectivity index is 1.71. The fourth-order valence-corrected chi connectivity index (χ4v) is 4.14. The van der Waals surface area contributed by atoms with Crippen molar-refractivity contribution in [1.82, 2.24) is 15.5 Å². The highest BCUT2D eigenvalue weighted by Crippen LogP contribution is 2.39. The average molecular weight is 484 g/mol. The molecule has 2 N–H and O–H groups in total. The van der Waals surface area contributed by atoms with E-state index in [1.54, 1.807) is 12.1 Å². The molecule has 1 saturated heterocycles. The van der Waals surface area contributed by atoms with Crippen molar-refractivity contribution >= 4 is 11.8 Å². The van der Waals surface area contributed by atoms with Crippen molar-refractivity contribution in [3.63, 3.8) is 0 Å². The van der Waals surface area contributed by atoms with Gasteiger partial charge in [-0.1, -0.05) is 43.7 Å². The number of carbonyl (C=O) groups excluding carboxylic acids is 2. The Morgan fingerprint density at radius 2 is 1.69 bits per heavy atom. The van der Waals surface area contributed by atoms with E-state index in [0.717, 1.165) is 37.9 Å². The number of hydrogen-bond donors (Lipinski definition) is 2. The Labute approximate surface area is 207 Å². The monoisotopic (exact) mass is 483 g/mol. The van der Waals surface area contributed by atoms with Crippen LogP contribution in [-0.4, -0.2) is 63.2 Å². The van der Waals surface area contributed by atoms with Crippen LogP contribution < -0.4 is 24.8 Å². The topological polar surface area (TPSA) is 89.1 Å². The summed E-state index contributed by atoms with van der Waals surface area (Å²) in [5.74, 6) is 0.673. The van der Waals surface area contributed by atoms with Crippen LogP contribution >= 0.6 is 0 Å². The summed E-state index contributed by atoms with van der Waals surface area (Å²) in [6.45, 7) is 4.23. The first-order chi connectivity index (χ1) is 16.9. The lowest BCUT2D eigenvalue weighted by Gasteiger charge is -2.30. The summed E-state index contributed by atoms with van der Waals surface area (Å²) < 4.78 is 17.0. The van der Waals surface area contributed by atoms with Gasteiger partial charge in [0.25, 0.3) is 5.91 Å². The number of nitrogens with one attached hydrogen (secondary N) is 2. The maximum absolute atomic E-state index is 13.1. The van der Waals surface area contributed by atoms with Crippen LogP contribution in [0.1, 0.15) is 48.5 Å². The smallest absolute Gasteiger partial charge is 0.252 e. The first-order valence-corrected chi connectivity index (χ1v) is 12.2. The van der Waals surface area contributed by atoms with Gasteiger partial charge in [0.15, 0.2) is 11.5 Å². The highest BCUT2D eigenvalue weighted by molar-refractivity contribution is 5.98. The minimum Gasteiger partial charge on any atom is -0.493 e. The number of hydrogen-bond acceptors (Lipinski definition) is 6. The van der Waals surface area contributed by atoms with E-state index in [1.807, 2.05) is 37.3 Å². The van der Waals surface area contributed by atoms with Crippen LogP contribution in [-0.2, 0) is 11.4 Å². The van der Waals surface area contributed by atoms with Gasteiger partial charge in [-0.25, -0.2) is 0 Å². The summed E-state index contributed by atoms with van der Waals surface area (Å²) in [6, 6.07) is 12.5. The van der Waals surface area contributed by atoms with E-state index < -0.39 is 6.04 Å². The summed E-state index contributed by atoms with van der Waals surface area (Å²) in [6.07, 6.45) is 3.14. The quantitative estimate of drug-likeness (QED) is 0.509. The minimum atomic E-state index is -0.613. The lowest BCUT2D eigenvalue weighted by atomic mass is 10.0. The molecule has 0 spiro atoms. The molecule has 0 aromatic heterocycles. The predicted molar refractivity (Wildman–Crippen MR) is 135 cm³/mol. The van der Waals surface area contributed by atoms with E-state index in [1.165, 1.54) is 14.2 Å². The van der Waals surface area contributed by atoms with E-state index in [9.17, 15) is 9.59 Å². The third-order valence-corrected chi connectivity index (χ3v) is 6.21. The summed E-state index contributed by atoms with van der Waals surface area (Å²) in [5, 5.41) is 6.02. The molecule has 2 aromatic rings. The largest absolute Gasteiger partial charge is 0.493 e. The maximum Gasteiger partial charge on any atom is 0.252 e. The molecule has 0 bridgehead atoms. The van der Waals surface area contributed by atoms with Crippen molar-refractivity contribution in [2.24, 2.45) is 0 Å². The third kappa shape index (κ3) is 7.36. The lowest BCUT2D eigenvalue weighted by Crippen LogP contribution is -2.51. The van der Waals surface area contributed by atoms with Crippen LogP contribution in [0.15, 0.2) is 42.5 Å². The number of piperidine rings is 1. The van der Waals surface area contributed by atoms with Crippen LogP contribution in [0.5, 0.6) is 17.2 Å². The van der Waals surface area contributed by atoms with Crippen molar-refractivity contribution in [1.29, 1.82) is 0 Å². The van der Waals surface area contributed by atoms with Gasteiger partial charge in [-0.15, -0.1) is 0 Å². The van der Waals surface area contributed by atoms with Crippen LogP contribution in [0.2, 0.25) is 0 Å². The Kier molecular flexibility index (Phi) is 9.78. The molecule has 35 heavy (non-hydrogen) atoms. The number of benzene rings is 2. The molecule has 1 fully saturated rings. The average Bonchev–Trinajstić information content (AvgIpc) is 2.88. The number of rotatable bonds is 11. The second-order valence-electron chi connectivity index (χ2n) is 8.89. The van der Waals surface area contributed by atoms with Gasteiger partial charge in [0.05, 0.1) is 14.2 Å². The van der Waals surface area contributed by atoms with E-state index in [2.05, 4.69) is 22.6 Å². The second kappa shape index (κ2) is 13.0. The number of amides is 2. The first-order valence-electron chi connectivity index (χ1n) is 12.2. The molecule has 0 aliphatic carbocycles. The standard InChI is InChI=1S/C27H37N3O5/c1-5-9-22(27(32)28-21-12-14-30(2)15-13-21)29-26(31)20-16-23(33-3)25(24(17-20)34-4)35-18-19-10-7-6-8-11-19/h6-8,10-11,16-17,21-22H,5,9,12-15,18H2,1-4H3,(H,28,32)(H,29,31)/t22-/m0/s1. The predicted octanol–water partition coefficient (Wildman–Crippen LogP) is 3.39. The summed E-state index contributed by atoms with van der Waals surface area (Å²) in [5.41, 5.74) is 1.33. The second-order valence-corrected chi connectivity index (χ2v) is 8.89. The van der Waals surface area contributed by atoms with Gasteiger partial charge in [-0.05, 0) is 57.1 Å². The number of nitrogens with zero attached hydrogens (tertiary/aromatic N) is 1. The molecule has 1 aliphatic heterocycles. The van der Waals surface area contributed by atoms with Gasteiger partial charge in [0.2, 0.25) is 11.7 Å². The van der Waals surface area contributed by atoms with E-state index in [4.69, 9.17) is 14.2 Å². The number of methoxy groups -OCH3 is 2. The van der Waals surface area contributed by atoms with Crippen molar-refractivity contribution in [2.45, 2.75) is 51.3 Å². The molecule has 0 unspecified atom stereocenters. The van der Waals surface area contributed by atoms with Gasteiger partial charge in [-0.3, -0.25) is 9.59 Å².